The van der Waals surface area contributed by atoms with Crippen LogP contribution in [0.4, 0.5) is 0 Å². The summed E-state index contributed by atoms with van der Waals surface area (Å²) in [7, 11) is 0. The lowest BCUT2D eigenvalue weighted by molar-refractivity contribution is -0.120. The molecule has 0 aromatic rings. The van der Waals surface area contributed by atoms with Gasteiger partial charge >= 0.3 is 0 Å². The molecule has 1 rings (SSSR count). The van der Waals surface area contributed by atoms with Crippen molar-refractivity contribution < 1.29 is 4.79 Å². The minimum absolute atomic E-state index is 0.123. The minimum atomic E-state index is 0.123. The Morgan fingerprint density at radius 3 is 2.78 bits per heavy atom. The fraction of sp³-hybridized carbons (Fsp3) is 0.571. The second-order valence-electron chi connectivity index (χ2n) is 2.36. The molecule has 0 aliphatic carbocycles. The molecule has 1 N–H and O–H groups in total. The second kappa shape index (κ2) is 2.67. The maximum atomic E-state index is 10.7. The Labute approximate surface area is 54.9 Å². The first-order valence-electron chi connectivity index (χ1n) is 3.26. The van der Waals surface area contributed by atoms with Crippen LogP contribution in [0, 0.1) is 0 Å². The SMILES string of the molecule is C=C1CCCCC(=O)N1. The van der Waals surface area contributed by atoms with Gasteiger partial charge < -0.3 is 5.32 Å². The van der Waals surface area contributed by atoms with Crippen molar-refractivity contribution in [2.24, 2.45) is 0 Å². The van der Waals surface area contributed by atoms with Crippen molar-refractivity contribution in [2.75, 3.05) is 0 Å². The van der Waals surface area contributed by atoms with E-state index in [1.807, 2.05) is 0 Å². The molecule has 1 amide bonds. The fourth-order valence-corrected chi connectivity index (χ4v) is 0.946. The van der Waals surface area contributed by atoms with Gasteiger partial charge in [0.15, 0.2) is 0 Å². The van der Waals surface area contributed by atoms with E-state index in [-0.39, 0.29) is 5.91 Å². The zero-order valence-electron chi connectivity index (χ0n) is 5.44. The average Bonchev–Trinajstić information content (AvgIpc) is 1.93. The summed E-state index contributed by atoms with van der Waals surface area (Å²) in [5.74, 6) is 0.123. The van der Waals surface area contributed by atoms with Crippen LogP contribution in [-0.2, 0) is 4.79 Å². The zero-order chi connectivity index (χ0) is 6.69. The summed E-state index contributed by atoms with van der Waals surface area (Å²) < 4.78 is 0. The highest BCUT2D eigenvalue weighted by molar-refractivity contribution is 5.77. The van der Waals surface area contributed by atoms with Crippen LogP contribution in [0.25, 0.3) is 0 Å². The molecule has 1 saturated heterocycles. The van der Waals surface area contributed by atoms with E-state index in [9.17, 15) is 4.79 Å². The molecular formula is C7H11NO. The van der Waals surface area contributed by atoms with E-state index in [1.54, 1.807) is 0 Å². The number of rotatable bonds is 0. The standard InChI is InChI=1S/C7H11NO/c1-6-4-2-3-5-7(9)8-6/h1-5H2,(H,8,9). The number of allylic oxidation sites excluding steroid dienone is 1. The van der Waals surface area contributed by atoms with Gasteiger partial charge in [-0.1, -0.05) is 6.58 Å². The number of nitrogens with one attached hydrogen (secondary N) is 1. The van der Waals surface area contributed by atoms with Gasteiger partial charge in [-0.25, -0.2) is 0 Å². The first kappa shape index (κ1) is 6.33. The van der Waals surface area contributed by atoms with Crippen LogP contribution in [0.5, 0.6) is 0 Å². The van der Waals surface area contributed by atoms with E-state index in [2.05, 4.69) is 11.9 Å². The molecule has 1 aliphatic heterocycles. The van der Waals surface area contributed by atoms with Crippen LogP contribution in [0.1, 0.15) is 25.7 Å². The third kappa shape index (κ3) is 1.88. The molecule has 0 aromatic carbocycles. The van der Waals surface area contributed by atoms with E-state index in [0.29, 0.717) is 6.42 Å². The monoisotopic (exact) mass is 125 g/mol. The normalized spacial score (nSPS) is 20.9. The van der Waals surface area contributed by atoms with Gasteiger partial charge in [0.2, 0.25) is 5.91 Å². The molecule has 0 atom stereocenters. The third-order valence-electron chi connectivity index (χ3n) is 1.45. The summed E-state index contributed by atoms with van der Waals surface area (Å²) in [6.45, 7) is 3.69. The molecule has 1 heterocycles. The van der Waals surface area contributed by atoms with Gasteiger partial charge in [-0.05, 0) is 19.3 Å². The topological polar surface area (TPSA) is 29.1 Å². The summed E-state index contributed by atoms with van der Waals surface area (Å²) in [5.41, 5.74) is 0.873. The van der Waals surface area contributed by atoms with Crippen LogP contribution < -0.4 is 5.32 Å². The number of hydrogen-bond donors (Lipinski definition) is 1. The lowest BCUT2D eigenvalue weighted by Gasteiger charge is -1.99. The Balaban J connectivity index is 2.47. The maximum Gasteiger partial charge on any atom is 0.224 e. The fourth-order valence-electron chi connectivity index (χ4n) is 0.946. The number of hydrogen-bond acceptors (Lipinski definition) is 1. The van der Waals surface area contributed by atoms with E-state index in [0.717, 1.165) is 25.0 Å². The molecule has 1 aliphatic rings. The van der Waals surface area contributed by atoms with Crippen molar-refractivity contribution in [2.45, 2.75) is 25.7 Å². The van der Waals surface area contributed by atoms with Crippen molar-refractivity contribution >= 4 is 5.91 Å². The quantitative estimate of drug-likeness (QED) is 0.517. The predicted octanol–water partition coefficient (Wildman–Crippen LogP) is 1.19. The first-order valence-corrected chi connectivity index (χ1v) is 3.26. The summed E-state index contributed by atoms with van der Waals surface area (Å²) in [4.78, 5) is 10.7. The van der Waals surface area contributed by atoms with E-state index in [1.165, 1.54) is 0 Å². The lowest BCUT2D eigenvalue weighted by atomic mass is 10.2. The molecule has 9 heavy (non-hydrogen) atoms. The molecule has 50 valence electrons. The lowest BCUT2D eigenvalue weighted by Crippen LogP contribution is -2.18. The van der Waals surface area contributed by atoms with Gasteiger partial charge in [0.25, 0.3) is 0 Å². The Bertz CT molecular complexity index is 124. The molecule has 0 bridgehead atoms. The highest BCUT2D eigenvalue weighted by atomic mass is 16.1. The molecular weight excluding hydrogens is 114 g/mol. The number of amides is 1. The zero-order valence-corrected chi connectivity index (χ0v) is 5.44. The molecule has 0 unspecified atom stereocenters. The van der Waals surface area contributed by atoms with Crippen molar-refractivity contribution in [3.05, 3.63) is 12.3 Å². The maximum absolute atomic E-state index is 10.7. The van der Waals surface area contributed by atoms with Gasteiger partial charge in [-0.3, -0.25) is 4.79 Å². The summed E-state index contributed by atoms with van der Waals surface area (Å²) in [6, 6.07) is 0. The minimum Gasteiger partial charge on any atom is -0.330 e. The predicted molar refractivity (Wildman–Crippen MR) is 35.8 cm³/mol. The third-order valence-corrected chi connectivity index (χ3v) is 1.45. The Morgan fingerprint density at radius 2 is 2.00 bits per heavy atom. The van der Waals surface area contributed by atoms with Gasteiger partial charge in [0.1, 0.15) is 0 Å². The molecule has 1 fully saturated rings. The second-order valence-corrected chi connectivity index (χ2v) is 2.36. The average molecular weight is 125 g/mol. The van der Waals surface area contributed by atoms with Gasteiger partial charge in [-0.15, -0.1) is 0 Å². The summed E-state index contributed by atoms with van der Waals surface area (Å²) in [6.07, 6.45) is 3.72. The van der Waals surface area contributed by atoms with Crippen molar-refractivity contribution in [3.8, 4) is 0 Å². The van der Waals surface area contributed by atoms with Crippen molar-refractivity contribution in [3.63, 3.8) is 0 Å². The Hall–Kier alpha value is -0.790. The van der Waals surface area contributed by atoms with Crippen LogP contribution in [0.15, 0.2) is 12.3 Å². The molecule has 2 nitrogen and oxygen atoms in total. The van der Waals surface area contributed by atoms with Gasteiger partial charge in [0, 0.05) is 12.1 Å². The van der Waals surface area contributed by atoms with Crippen LogP contribution in [0.2, 0.25) is 0 Å². The molecule has 0 saturated carbocycles. The summed E-state index contributed by atoms with van der Waals surface area (Å²) in [5, 5.41) is 2.71. The Morgan fingerprint density at radius 1 is 1.33 bits per heavy atom. The van der Waals surface area contributed by atoms with Crippen molar-refractivity contribution in [1.82, 2.24) is 5.32 Å². The largest absolute Gasteiger partial charge is 0.330 e. The van der Waals surface area contributed by atoms with E-state index >= 15 is 0 Å². The number of carbonyl (C=O) groups excluding carboxylic acids is 1. The molecule has 2 heteroatoms. The summed E-state index contributed by atoms with van der Waals surface area (Å²) >= 11 is 0. The highest BCUT2D eigenvalue weighted by Gasteiger charge is 2.06. The van der Waals surface area contributed by atoms with Crippen molar-refractivity contribution in [1.29, 1.82) is 0 Å². The van der Waals surface area contributed by atoms with Gasteiger partial charge in [-0.2, -0.15) is 0 Å². The van der Waals surface area contributed by atoms with Crippen LogP contribution in [0.3, 0.4) is 0 Å². The van der Waals surface area contributed by atoms with E-state index in [4.69, 9.17) is 0 Å². The van der Waals surface area contributed by atoms with E-state index < -0.39 is 0 Å². The van der Waals surface area contributed by atoms with Gasteiger partial charge in [0.05, 0.1) is 0 Å². The first-order chi connectivity index (χ1) is 4.29. The molecule has 0 aromatic heterocycles. The highest BCUT2D eigenvalue weighted by Crippen LogP contribution is 2.09. The number of carbonyl (C=O) groups is 1. The van der Waals surface area contributed by atoms with Crippen LogP contribution in [-0.4, -0.2) is 5.91 Å². The molecule has 0 spiro atoms. The van der Waals surface area contributed by atoms with Crippen LogP contribution >= 0.6 is 0 Å². The Kier molecular flexibility index (Phi) is 1.88. The smallest absolute Gasteiger partial charge is 0.224 e. The molecule has 0 radical (unpaired) electrons.